The third-order valence-corrected chi connectivity index (χ3v) is 7.17. The molecule has 176 valence electrons. The van der Waals surface area contributed by atoms with E-state index in [2.05, 4.69) is 28.4 Å². The molecule has 2 aliphatic carbocycles. The fraction of sp³-hybridized carbons (Fsp3) is 0.577. The van der Waals surface area contributed by atoms with E-state index in [0.717, 1.165) is 79.6 Å². The summed E-state index contributed by atoms with van der Waals surface area (Å²) in [6, 6.07) is 6.73. The largest absolute Gasteiger partial charge is 0.401 e. The van der Waals surface area contributed by atoms with Gasteiger partial charge in [0.05, 0.1) is 42.2 Å². The number of benzene rings is 1. The van der Waals surface area contributed by atoms with Crippen molar-refractivity contribution in [2.24, 2.45) is 22.6 Å². The van der Waals surface area contributed by atoms with Gasteiger partial charge in [-0.1, -0.05) is 0 Å². The molecule has 0 unspecified atom stereocenters. The van der Waals surface area contributed by atoms with Crippen LogP contribution >= 0.6 is 0 Å². The Balaban J connectivity index is 1.34. The van der Waals surface area contributed by atoms with E-state index in [0.29, 0.717) is 12.0 Å². The molecule has 7 heteroatoms. The maximum Gasteiger partial charge on any atom is 0.0925 e. The minimum Gasteiger partial charge on any atom is -0.401 e. The SMILES string of the molecule is CNCCCC1CC(N=CC(=C(N)C2CC2)c2cnc3ccc(N4CCOCC4)cc3n2)C1. The van der Waals surface area contributed by atoms with E-state index < -0.39 is 0 Å². The number of morpholine rings is 1. The van der Waals surface area contributed by atoms with Gasteiger partial charge in [0.15, 0.2) is 0 Å². The Hall–Kier alpha value is -2.51. The molecule has 33 heavy (non-hydrogen) atoms. The molecule has 0 radical (unpaired) electrons. The lowest BCUT2D eigenvalue weighted by Gasteiger charge is -2.32. The van der Waals surface area contributed by atoms with E-state index in [1.807, 2.05) is 19.5 Å². The van der Waals surface area contributed by atoms with Crippen LogP contribution in [0.1, 0.15) is 44.2 Å². The number of aromatic nitrogens is 2. The highest BCUT2D eigenvalue weighted by molar-refractivity contribution is 6.10. The van der Waals surface area contributed by atoms with E-state index >= 15 is 0 Å². The fourth-order valence-corrected chi connectivity index (χ4v) is 4.86. The Bertz CT molecular complexity index is 1020. The zero-order valence-corrected chi connectivity index (χ0v) is 19.7. The number of nitrogens with zero attached hydrogens (tertiary/aromatic N) is 4. The molecule has 2 saturated carbocycles. The predicted molar refractivity (Wildman–Crippen MR) is 135 cm³/mol. The summed E-state index contributed by atoms with van der Waals surface area (Å²) >= 11 is 0. The number of fused-ring (bicyclic) bond motifs is 1. The molecule has 0 atom stereocenters. The number of aliphatic imine (C=N–C) groups is 1. The van der Waals surface area contributed by atoms with Crippen LogP contribution in [0.3, 0.4) is 0 Å². The summed E-state index contributed by atoms with van der Waals surface area (Å²) in [5.41, 5.74) is 12.3. The first-order chi connectivity index (χ1) is 16.2. The summed E-state index contributed by atoms with van der Waals surface area (Å²) in [5.74, 6) is 1.27. The van der Waals surface area contributed by atoms with Crippen molar-refractivity contribution >= 4 is 28.5 Å². The van der Waals surface area contributed by atoms with Crippen molar-refractivity contribution in [3.8, 4) is 0 Å². The van der Waals surface area contributed by atoms with E-state index in [1.165, 1.54) is 31.4 Å². The highest BCUT2D eigenvalue weighted by Crippen LogP contribution is 2.38. The average molecular weight is 449 g/mol. The van der Waals surface area contributed by atoms with Crippen LogP contribution in [0.25, 0.3) is 16.6 Å². The molecular formula is C26H36N6O. The smallest absolute Gasteiger partial charge is 0.0925 e. The Morgan fingerprint density at radius 3 is 2.82 bits per heavy atom. The van der Waals surface area contributed by atoms with Crippen LogP contribution in [0, 0.1) is 11.8 Å². The molecule has 2 heterocycles. The van der Waals surface area contributed by atoms with Crippen molar-refractivity contribution in [3.05, 3.63) is 35.8 Å². The zero-order chi connectivity index (χ0) is 22.6. The van der Waals surface area contributed by atoms with Crippen LogP contribution in [-0.4, -0.2) is 62.1 Å². The lowest BCUT2D eigenvalue weighted by molar-refractivity contribution is 0.122. The van der Waals surface area contributed by atoms with Gasteiger partial charge in [0.1, 0.15) is 0 Å². The number of nitrogens with two attached hydrogens (primary N) is 1. The summed E-state index contributed by atoms with van der Waals surface area (Å²) in [6.07, 6.45) is 11.1. The molecule has 5 rings (SSSR count). The second-order valence-corrected chi connectivity index (χ2v) is 9.69. The number of hydrogen-bond donors (Lipinski definition) is 2. The van der Waals surface area contributed by atoms with Crippen LogP contribution in [0.15, 0.2) is 35.1 Å². The summed E-state index contributed by atoms with van der Waals surface area (Å²) in [4.78, 5) is 17.0. The number of anilines is 1. The van der Waals surface area contributed by atoms with Crippen LogP contribution in [0.2, 0.25) is 0 Å². The fourth-order valence-electron chi connectivity index (χ4n) is 4.86. The van der Waals surface area contributed by atoms with E-state index in [-0.39, 0.29) is 0 Å². The Morgan fingerprint density at radius 2 is 2.06 bits per heavy atom. The van der Waals surface area contributed by atoms with Gasteiger partial charge in [-0.2, -0.15) is 0 Å². The molecular weight excluding hydrogens is 412 g/mol. The first-order valence-corrected chi connectivity index (χ1v) is 12.5. The molecule has 0 amide bonds. The lowest BCUT2D eigenvalue weighted by Crippen LogP contribution is -2.36. The van der Waals surface area contributed by atoms with Gasteiger partial charge in [0, 0.05) is 36.3 Å². The Kier molecular flexibility index (Phi) is 6.88. The van der Waals surface area contributed by atoms with Crippen LogP contribution < -0.4 is 16.0 Å². The van der Waals surface area contributed by atoms with Gasteiger partial charge in [-0.15, -0.1) is 0 Å². The monoisotopic (exact) mass is 448 g/mol. The second kappa shape index (κ2) is 10.2. The summed E-state index contributed by atoms with van der Waals surface area (Å²) in [7, 11) is 2.02. The van der Waals surface area contributed by atoms with Crippen LogP contribution in [0.4, 0.5) is 5.69 Å². The summed E-state index contributed by atoms with van der Waals surface area (Å²) in [5, 5.41) is 3.23. The molecule has 3 fully saturated rings. The standard InChI is InChI=1S/C26H36N6O/c1-28-8-2-3-18-13-20(14-18)29-16-22(26(27)19-4-5-19)25-17-30-23-7-6-21(15-24(23)31-25)32-9-11-33-12-10-32/h6-7,15-20,28H,2-5,8-14,27H2,1H3. The molecule has 1 aromatic heterocycles. The predicted octanol–water partition coefficient (Wildman–Crippen LogP) is 3.40. The third-order valence-electron chi connectivity index (χ3n) is 7.17. The van der Waals surface area contributed by atoms with E-state index in [1.54, 1.807) is 0 Å². The highest BCUT2D eigenvalue weighted by Gasteiger charge is 2.29. The molecule has 1 aromatic carbocycles. The van der Waals surface area contributed by atoms with Gasteiger partial charge in [-0.25, -0.2) is 4.98 Å². The topological polar surface area (TPSA) is 88.7 Å². The van der Waals surface area contributed by atoms with Gasteiger partial charge in [-0.3, -0.25) is 9.98 Å². The highest BCUT2D eigenvalue weighted by atomic mass is 16.5. The number of allylic oxidation sites excluding steroid dienone is 2. The molecule has 1 aliphatic heterocycles. The van der Waals surface area contributed by atoms with Gasteiger partial charge in [0.2, 0.25) is 0 Å². The van der Waals surface area contributed by atoms with Crippen molar-refractivity contribution in [2.45, 2.75) is 44.6 Å². The van der Waals surface area contributed by atoms with E-state index in [4.69, 9.17) is 25.4 Å². The third kappa shape index (κ3) is 5.36. The average Bonchev–Trinajstić information content (AvgIpc) is 3.67. The van der Waals surface area contributed by atoms with Crippen molar-refractivity contribution in [1.82, 2.24) is 15.3 Å². The second-order valence-electron chi connectivity index (χ2n) is 9.69. The van der Waals surface area contributed by atoms with Crippen molar-refractivity contribution in [3.63, 3.8) is 0 Å². The molecule has 7 nitrogen and oxygen atoms in total. The number of ether oxygens (including phenoxy) is 1. The first-order valence-electron chi connectivity index (χ1n) is 12.5. The Morgan fingerprint density at radius 1 is 1.24 bits per heavy atom. The van der Waals surface area contributed by atoms with Crippen molar-refractivity contribution < 1.29 is 4.74 Å². The number of nitrogens with one attached hydrogen (secondary N) is 1. The maximum atomic E-state index is 6.59. The summed E-state index contributed by atoms with van der Waals surface area (Å²) in [6.45, 7) is 4.44. The lowest BCUT2D eigenvalue weighted by atomic mass is 9.78. The number of hydrogen-bond acceptors (Lipinski definition) is 7. The van der Waals surface area contributed by atoms with Gasteiger partial charge in [-0.05, 0) is 82.2 Å². The van der Waals surface area contributed by atoms with Gasteiger partial charge < -0.3 is 20.7 Å². The first kappa shape index (κ1) is 22.3. The normalized spacial score (nSPS) is 24.2. The zero-order valence-electron chi connectivity index (χ0n) is 19.7. The molecule has 0 bridgehead atoms. The van der Waals surface area contributed by atoms with Crippen molar-refractivity contribution in [1.29, 1.82) is 0 Å². The van der Waals surface area contributed by atoms with Gasteiger partial charge in [0.25, 0.3) is 0 Å². The molecule has 2 aromatic rings. The quantitative estimate of drug-likeness (QED) is 0.452. The number of rotatable bonds is 9. The van der Waals surface area contributed by atoms with Crippen LogP contribution in [-0.2, 0) is 4.74 Å². The van der Waals surface area contributed by atoms with Gasteiger partial charge >= 0.3 is 0 Å². The van der Waals surface area contributed by atoms with Crippen LogP contribution in [0.5, 0.6) is 0 Å². The summed E-state index contributed by atoms with van der Waals surface area (Å²) < 4.78 is 5.50. The molecule has 0 spiro atoms. The molecule has 1 saturated heterocycles. The minimum absolute atomic E-state index is 0.410. The van der Waals surface area contributed by atoms with Crippen molar-refractivity contribution in [2.75, 3.05) is 44.8 Å². The molecule has 3 aliphatic rings. The molecule has 3 N–H and O–H groups in total. The minimum atomic E-state index is 0.410. The Labute approximate surface area is 196 Å². The van der Waals surface area contributed by atoms with E-state index in [9.17, 15) is 0 Å². The maximum absolute atomic E-state index is 6.59.